The SMILES string of the molecule is CCOC(=O)C(Cl)C(=O)OCC.CCOC(=O)c1c(O)nc2ccc(Cl)nn12.Nc1ccc(Cl)nn1. The predicted octanol–water partition coefficient (Wildman–Crippen LogP) is 2.70. The van der Waals surface area contributed by atoms with Gasteiger partial charge in [0.2, 0.25) is 17.0 Å². The molecule has 0 bridgehead atoms. The Morgan fingerprint density at radius 1 is 0.944 bits per heavy atom. The minimum Gasteiger partial charge on any atom is -0.491 e. The molecular formula is C20H23Cl3N6O7. The van der Waals surface area contributed by atoms with E-state index in [-0.39, 0.29) is 30.7 Å². The Morgan fingerprint density at radius 3 is 1.97 bits per heavy atom. The lowest BCUT2D eigenvalue weighted by molar-refractivity contribution is -0.153. The van der Waals surface area contributed by atoms with Crippen LogP contribution in [0, 0.1) is 0 Å². The Morgan fingerprint density at radius 2 is 1.50 bits per heavy atom. The lowest BCUT2D eigenvalue weighted by Gasteiger charge is -2.06. The number of alkyl halides is 1. The Labute approximate surface area is 220 Å². The van der Waals surface area contributed by atoms with Gasteiger partial charge in [0.05, 0.1) is 19.8 Å². The number of imidazole rings is 1. The normalized spacial score (nSPS) is 9.97. The Kier molecular flexibility index (Phi) is 13.2. The van der Waals surface area contributed by atoms with Crippen molar-refractivity contribution in [3.8, 4) is 5.88 Å². The maximum absolute atomic E-state index is 11.5. The first-order valence-corrected chi connectivity index (χ1v) is 11.4. The topological polar surface area (TPSA) is 181 Å². The molecular weight excluding hydrogens is 543 g/mol. The molecule has 3 aromatic heterocycles. The highest BCUT2D eigenvalue weighted by atomic mass is 35.5. The molecule has 0 unspecified atom stereocenters. The number of carbonyl (C=O) groups excluding carboxylic acids is 3. The number of ether oxygens (including phenoxy) is 3. The number of fused-ring (bicyclic) bond motifs is 1. The molecule has 3 heterocycles. The van der Waals surface area contributed by atoms with Crippen molar-refractivity contribution in [1.29, 1.82) is 0 Å². The molecule has 36 heavy (non-hydrogen) atoms. The number of nitrogens with zero attached hydrogens (tertiary/aromatic N) is 5. The van der Waals surface area contributed by atoms with Gasteiger partial charge in [-0.1, -0.05) is 34.8 Å². The highest BCUT2D eigenvalue weighted by Crippen LogP contribution is 2.19. The number of esters is 3. The average Bonchev–Trinajstić information content (AvgIpc) is 3.16. The second-order valence-electron chi connectivity index (χ2n) is 6.08. The number of aromatic nitrogens is 5. The first-order valence-electron chi connectivity index (χ1n) is 10.2. The highest BCUT2D eigenvalue weighted by molar-refractivity contribution is 6.39. The van der Waals surface area contributed by atoms with Gasteiger partial charge in [-0.05, 0) is 45.0 Å². The number of rotatable bonds is 6. The summed E-state index contributed by atoms with van der Waals surface area (Å²) in [6.07, 6.45) is 0. The third kappa shape index (κ3) is 9.68. The minimum absolute atomic E-state index is 0.126. The summed E-state index contributed by atoms with van der Waals surface area (Å²) < 4.78 is 14.9. The fraction of sp³-hybridized carbons (Fsp3) is 0.350. The van der Waals surface area contributed by atoms with E-state index in [2.05, 4.69) is 29.8 Å². The van der Waals surface area contributed by atoms with Crippen molar-refractivity contribution in [3.63, 3.8) is 0 Å². The van der Waals surface area contributed by atoms with Crippen LogP contribution in [0.2, 0.25) is 10.3 Å². The monoisotopic (exact) mass is 564 g/mol. The van der Waals surface area contributed by atoms with Gasteiger partial charge in [-0.2, -0.15) is 10.1 Å². The van der Waals surface area contributed by atoms with Crippen molar-refractivity contribution in [2.45, 2.75) is 26.1 Å². The van der Waals surface area contributed by atoms with Crippen LogP contribution in [-0.2, 0) is 23.8 Å². The molecule has 3 aromatic rings. The summed E-state index contributed by atoms with van der Waals surface area (Å²) in [4.78, 5) is 36.9. The fourth-order valence-corrected chi connectivity index (χ4v) is 2.50. The van der Waals surface area contributed by atoms with E-state index in [9.17, 15) is 19.5 Å². The van der Waals surface area contributed by atoms with Crippen LogP contribution >= 0.6 is 34.8 Å². The molecule has 16 heteroatoms. The van der Waals surface area contributed by atoms with Crippen molar-refractivity contribution < 1.29 is 33.7 Å². The maximum atomic E-state index is 11.5. The van der Waals surface area contributed by atoms with Gasteiger partial charge < -0.3 is 25.1 Å². The molecule has 0 fully saturated rings. The summed E-state index contributed by atoms with van der Waals surface area (Å²) in [5.74, 6) is -2.26. The van der Waals surface area contributed by atoms with Gasteiger partial charge in [0.25, 0.3) is 0 Å². The molecule has 3 N–H and O–H groups in total. The van der Waals surface area contributed by atoms with Gasteiger partial charge in [0.1, 0.15) is 11.0 Å². The van der Waals surface area contributed by atoms with Crippen LogP contribution in [0.15, 0.2) is 24.3 Å². The molecule has 196 valence electrons. The van der Waals surface area contributed by atoms with Crippen LogP contribution < -0.4 is 5.73 Å². The van der Waals surface area contributed by atoms with E-state index in [4.69, 9.17) is 45.3 Å². The molecule has 0 aliphatic carbocycles. The number of nitrogens with two attached hydrogens (primary N) is 1. The lowest BCUT2D eigenvalue weighted by atomic mass is 10.4. The summed E-state index contributed by atoms with van der Waals surface area (Å²) >= 11 is 16.5. The van der Waals surface area contributed by atoms with E-state index in [1.165, 1.54) is 12.1 Å². The summed E-state index contributed by atoms with van der Waals surface area (Å²) in [6.45, 7) is 5.52. The fourth-order valence-electron chi connectivity index (χ4n) is 2.13. The highest BCUT2D eigenvalue weighted by Gasteiger charge is 2.26. The summed E-state index contributed by atoms with van der Waals surface area (Å²) in [5.41, 5.74) is 5.39. The average molecular weight is 566 g/mol. The minimum atomic E-state index is -1.34. The van der Waals surface area contributed by atoms with Crippen LogP contribution in [0.1, 0.15) is 31.3 Å². The zero-order chi connectivity index (χ0) is 27.3. The zero-order valence-corrected chi connectivity index (χ0v) is 21.6. The molecule has 0 spiro atoms. The number of aromatic hydroxyl groups is 1. The number of halogens is 3. The van der Waals surface area contributed by atoms with Gasteiger partial charge in [0.15, 0.2) is 10.8 Å². The van der Waals surface area contributed by atoms with E-state index in [1.807, 2.05) is 0 Å². The van der Waals surface area contributed by atoms with Gasteiger partial charge in [-0.3, -0.25) is 0 Å². The number of hydrogen-bond acceptors (Lipinski definition) is 12. The summed E-state index contributed by atoms with van der Waals surface area (Å²) in [6, 6.07) is 6.23. The number of anilines is 1. The van der Waals surface area contributed by atoms with E-state index < -0.39 is 29.2 Å². The van der Waals surface area contributed by atoms with E-state index in [0.717, 1.165) is 4.52 Å². The van der Waals surface area contributed by atoms with Crippen molar-refractivity contribution in [1.82, 2.24) is 24.8 Å². The van der Waals surface area contributed by atoms with E-state index in [1.54, 1.807) is 32.9 Å². The Balaban J connectivity index is 0.000000287. The Bertz CT molecular complexity index is 1120. The van der Waals surface area contributed by atoms with Crippen LogP contribution in [0.5, 0.6) is 5.88 Å². The molecule has 0 atom stereocenters. The van der Waals surface area contributed by atoms with Crippen molar-refractivity contribution in [2.75, 3.05) is 25.6 Å². The van der Waals surface area contributed by atoms with Crippen molar-refractivity contribution in [2.24, 2.45) is 0 Å². The number of carbonyl (C=O) groups is 3. The van der Waals surface area contributed by atoms with Crippen LogP contribution in [0.25, 0.3) is 5.65 Å². The van der Waals surface area contributed by atoms with Gasteiger partial charge >= 0.3 is 17.9 Å². The molecule has 0 amide bonds. The molecule has 0 radical (unpaired) electrons. The molecule has 0 aliphatic rings. The van der Waals surface area contributed by atoms with Crippen LogP contribution in [0.3, 0.4) is 0 Å². The maximum Gasteiger partial charge on any atom is 0.362 e. The number of hydrogen-bond donors (Lipinski definition) is 2. The van der Waals surface area contributed by atoms with Crippen molar-refractivity contribution >= 4 is 64.2 Å². The zero-order valence-electron chi connectivity index (χ0n) is 19.4. The first-order chi connectivity index (χ1) is 17.0. The second kappa shape index (κ2) is 15.5. The summed E-state index contributed by atoms with van der Waals surface area (Å²) in [5, 5.41) is 19.5. The van der Waals surface area contributed by atoms with Crippen LogP contribution in [-0.4, -0.2) is 73.0 Å². The quantitative estimate of drug-likeness (QED) is 0.193. The first kappa shape index (κ1) is 30.6. The van der Waals surface area contributed by atoms with Crippen molar-refractivity contribution in [3.05, 3.63) is 40.3 Å². The largest absolute Gasteiger partial charge is 0.491 e. The summed E-state index contributed by atoms with van der Waals surface area (Å²) in [7, 11) is 0. The third-order valence-corrected chi connectivity index (χ3v) is 4.29. The van der Waals surface area contributed by atoms with Gasteiger partial charge in [0, 0.05) is 0 Å². The van der Waals surface area contributed by atoms with Gasteiger partial charge in [-0.25, -0.2) is 18.9 Å². The standard InChI is InChI=1S/C9H8ClN3O3.C7H11ClO4.C4H4ClN3/c1-2-16-9(15)7-8(14)11-6-4-3-5(10)12-13(6)7;1-3-11-6(9)5(8)7(10)12-4-2;5-3-1-2-4(6)8-7-3/h3-4,14H,2H2,1H3;5H,3-4H2,1-2H3;1-2H,(H2,6,8). The molecule has 0 saturated carbocycles. The van der Waals surface area contributed by atoms with Gasteiger partial charge in [-0.15, -0.1) is 10.2 Å². The lowest BCUT2D eigenvalue weighted by Crippen LogP contribution is -2.28. The van der Waals surface area contributed by atoms with E-state index >= 15 is 0 Å². The molecule has 0 aliphatic heterocycles. The predicted molar refractivity (Wildman–Crippen MR) is 130 cm³/mol. The molecule has 3 rings (SSSR count). The Hall–Kier alpha value is -3.42. The molecule has 13 nitrogen and oxygen atoms in total. The van der Waals surface area contributed by atoms with Crippen LogP contribution in [0.4, 0.5) is 5.82 Å². The third-order valence-electron chi connectivity index (χ3n) is 3.54. The number of nitrogen functional groups attached to an aromatic ring is 1. The molecule has 0 saturated heterocycles. The smallest absolute Gasteiger partial charge is 0.362 e. The van der Waals surface area contributed by atoms with E-state index in [0.29, 0.717) is 16.6 Å². The second-order valence-corrected chi connectivity index (χ2v) is 7.29. The molecule has 0 aromatic carbocycles.